The van der Waals surface area contributed by atoms with Crippen molar-refractivity contribution in [3.8, 4) is 34.3 Å². The van der Waals surface area contributed by atoms with Gasteiger partial charge in [0.05, 0.1) is 12.7 Å². The van der Waals surface area contributed by atoms with E-state index < -0.39 is 16.6 Å². The third-order valence-corrected chi connectivity index (χ3v) is 6.52. The smallest absolute Gasteiger partial charge is 0.204 e. The molecule has 0 saturated heterocycles. The summed E-state index contributed by atoms with van der Waals surface area (Å²) in [6.07, 6.45) is 7.08. The van der Waals surface area contributed by atoms with E-state index in [2.05, 4.69) is 4.98 Å². The topological polar surface area (TPSA) is 116 Å². The number of benzene rings is 2. The van der Waals surface area contributed by atoms with Crippen molar-refractivity contribution in [3.63, 3.8) is 0 Å². The maximum Gasteiger partial charge on any atom is 0.204 e. The minimum atomic E-state index is -0.604. The normalized spacial score (nSPS) is 15.3. The molecule has 32 heavy (non-hydrogen) atoms. The van der Waals surface area contributed by atoms with Crippen LogP contribution in [0.2, 0.25) is 0 Å². The molecule has 1 aliphatic rings. The highest BCUT2D eigenvalue weighted by Crippen LogP contribution is 2.56. The second-order valence-corrected chi connectivity index (χ2v) is 8.22. The molecule has 1 aliphatic carbocycles. The number of aromatic hydroxyl groups is 3. The molecule has 2 aromatic carbocycles. The maximum absolute atomic E-state index is 13.2. The molecule has 0 atom stereocenters. The fourth-order valence-electron chi connectivity index (χ4n) is 5.03. The standard InChI is InChI=1S/C25H23NO6/c1-31-24-21(29)19-17(28)12-18(14-4-6-16(27)7-5-14)32-23(19)20(22(24)30)25(9-2-3-10-25)15-8-11-26-13-15/h4-8,11-13,26-27,29-30H,2-3,9-10H2,1H3. The second-order valence-electron chi connectivity index (χ2n) is 8.22. The summed E-state index contributed by atoms with van der Waals surface area (Å²) in [5.74, 6) is -0.451. The molecule has 0 spiro atoms. The van der Waals surface area contributed by atoms with Gasteiger partial charge in [-0.1, -0.05) is 12.8 Å². The van der Waals surface area contributed by atoms with Gasteiger partial charge < -0.3 is 29.5 Å². The van der Waals surface area contributed by atoms with Crippen molar-refractivity contribution in [3.05, 3.63) is 70.1 Å². The predicted molar refractivity (Wildman–Crippen MR) is 120 cm³/mol. The monoisotopic (exact) mass is 433 g/mol. The molecule has 4 aromatic rings. The molecule has 0 unspecified atom stereocenters. The number of methoxy groups -OCH3 is 1. The van der Waals surface area contributed by atoms with E-state index in [9.17, 15) is 20.1 Å². The van der Waals surface area contributed by atoms with Gasteiger partial charge in [0.1, 0.15) is 22.5 Å². The van der Waals surface area contributed by atoms with Gasteiger partial charge in [-0.05, 0) is 48.7 Å². The van der Waals surface area contributed by atoms with Crippen molar-refractivity contribution in [2.45, 2.75) is 31.1 Å². The lowest BCUT2D eigenvalue weighted by Gasteiger charge is -2.31. The molecule has 2 aromatic heterocycles. The van der Waals surface area contributed by atoms with Gasteiger partial charge >= 0.3 is 0 Å². The molecule has 5 rings (SSSR count). The Hall–Kier alpha value is -3.87. The number of nitrogens with one attached hydrogen (secondary N) is 1. The van der Waals surface area contributed by atoms with Crippen LogP contribution in [0.3, 0.4) is 0 Å². The van der Waals surface area contributed by atoms with Crippen LogP contribution in [-0.4, -0.2) is 27.4 Å². The lowest BCUT2D eigenvalue weighted by atomic mass is 9.73. The number of fused-ring (bicyclic) bond motifs is 1. The summed E-state index contributed by atoms with van der Waals surface area (Å²) in [6, 6.07) is 9.53. The molecule has 7 nitrogen and oxygen atoms in total. The van der Waals surface area contributed by atoms with Gasteiger partial charge in [-0.25, -0.2) is 0 Å². The van der Waals surface area contributed by atoms with Crippen LogP contribution < -0.4 is 10.2 Å². The van der Waals surface area contributed by atoms with Crippen LogP contribution in [0.1, 0.15) is 36.8 Å². The number of rotatable bonds is 4. The van der Waals surface area contributed by atoms with E-state index >= 15 is 0 Å². The van der Waals surface area contributed by atoms with Crippen molar-refractivity contribution in [2.75, 3.05) is 7.11 Å². The molecule has 4 N–H and O–H groups in total. The molecule has 1 saturated carbocycles. The number of hydrogen-bond donors (Lipinski definition) is 4. The van der Waals surface area contributed by atoms with Crippen LogP contribution >= 0.6 is 0 Å². The number of hydrogen-bond acceptors (Lipinski definition) is 6. The molecule has 1 fully saturated rings. The van der Waals surface area contributed by atoms with E-state index in [4.69, 9.17) is 9.15 Å². The van der Waals surface area contributed by atoms with Crippen LogP contribution in [0.5, 0.6) is 23.0 Å². The fraction of sp³-hybridized carbons (Fsp3) is 0.240. The maximum atomic E-state index is 13.2. The molecular weight excluding hydrogens is 410 g/mol. The van der Waals surface area contributed by atoms with Crippen LogP contribution in [0, 0.1) is 0 Å². The molecular formula is C25H23NO6. The van der Waals surface area contributed by atoms with E-state index in [0.29, 0.717) is 11.1 Å². The molecule has 0 amide bonds. The summed E-state index contributed by atoms with van der Waals surface area (Å²) in [5, 5.41) is 31.7. The summed E-state index contributed by atoms with van der Waals surface area (Å²) in [6.45, 7) is 0. The van der Waals surface area contributed by atoms with Gasteiger partial charge in [-0.15, -0.1) is 0 Å². The molecule has 2 heterocycles. The number of phenolic OH excluding ortho intramolecular Hbond substituents is 3. The third-order valence-electron chi connectivity index (χ3n) is 6.52. The van der Waals surface area contributed by atoms with E-state index in [-0.39, 0.29) is 34.0 Å². The summed E-state index contributed by atoms with van der Waals surface area (Å²) < 4.78 is 11.5. The third kappa shape index (κ3) is 2.85. The Morgan fingerprint density at radius 2 is 1.75 bits per heavy atom. The van der Waals surface area contributed by atoms with Crippen molar-refractivity contribution in [1.29, 1.82) is 0 Å². The first kappa shape index (κ1) is 20.1. The Morgan fingerprint density at radius 3 is 2.38 bits per heavy atom. The van der Waals surface area contributed by atoms with Crippen LogP contribution in [-0.2, 0) is 5.41 Å². The van der Waals surface area contributed by atoms with E-state index in [1.54, 1.807) is 12.1 Å². The summed E-state index contributed by atoms with van der Waals surface area (Å²) >= 11 is 0. The average Bonchev–Trinajstić information content (AvgIpc) is 3.47. The first-order valence-corrected chi connectivity index (χ1v) is 10.5. The zero-order valence-corrected chi connectivity index (χ0v) is 17.5. The molecule has 0 bridgehead atoms. The van der Waals surface area contributed by atoms with E-state index in [0.717, 1.165) is 31.2 Å². The Kier molecular flexibility index (Phi) is 4.62. The first-order chi connectivity index (χ1) is 15.5. The molecule has 0 radical (unpaired) electrons. The first-order valence-electron chi connectivity index (χ1n) is 10.5. The Morgan fingerprint density at radius 1 is 1.03 bits per heavy atom. The largest absolute Gasteiger partial charge is 0.508 e. The van der Waals surface area contributed by atoms with Gasteiger partial charge in [-0.3, -0.25) is 4.79 Å². The van der Waals surface area contributed by atoms with Crippen molar-refractivity contribution < 1.29 is 24.5 Å². The van der Waals surface area contributed by atoms with Crippen molar-refractivity contribution in [1.82, 2.24) is 4.98 Å². The molecule has 164 valence electrons. The zero-order chi connectivity index (χ0) is 22.5. The highest BCUT2D eigenvalue weighted by atomic mass is 16.5. The predicted octanol–water partition coefficient (Wildman–Crippen LogP) is 4.77. The number of ether oxygens (including phenoxy) is 1. The Labute approximate surface area is 183 Å². The number of aromatic amines is 1. The number of aromatic nitrogens is 1. The van der Waals surface area contributed by atoms with E-state index in [1.165, 1.54) is 25.3 Å². The van der Waals surface area contributed by atoms with Crippen LogP contribution in [0.15, 0.2) is 58.0 Å². The average molecular weight is 433 g/mol. The molecule has 0 aliphatic heterocycles. The summed E-state index contributed by atoms with van der Waals surface area (Å²) in [7, 11) is 1.34. The quantitative estimate of drug-likeness (QED) is 0.368. The van der Waals surface area contributed by atoms with Gasteiger partial charge in [0, 0.05) is 29.4 Å². The van der Waals surface area contributed by atoms with Gasteiger partial charge in [0.2, 0.25) is 5.75 Å². The lowest BCUT2D eigenvalue weighted by Crippen LogP contribution is -2.24. The number of H-pyrrole nitrogens is 1. The van der Waals surface area contributed by atoms with Gasteiger partial charge in [0.15, 0.2) is 16.9 Å². The van der Waals surface area contributed by atoms with E-state index in [1.807, 2.05) is 18.5 Å². The summed E-state index contributed by atoms with van der Waals surface area (Å²) in [4.78, 5) is 16.3. The zero-order valence-electron chi connectivity index (χ0n) is 17.5. The minimum absolute atomic E-state index is 0.0287. The highest BCUT2D eigenvalue weighted by molar-refractivity contribution is 5.94. The molecule has 7 heteroatoms. The Bertz CT molecular complexity index is 1350. The van der Waals surface area contributed by atoms with Crippen molar-refractivity contribution in [2.24, 2.45) is 0 Å². The Balaban J connectivity index is 1.91. The minimum Gasteiger partial charge on any atom is -0.508 e. The highest BCUT2D eigenvalue weighted by Gasteiger charge is 2.44. The second kappa shape index (κ2) is 7.37. The lowest BCUT2D eigenvalue weighted by molar-refractivity contribution is 0.338. The summed E-state index contributed by atoms with van der Waals surface area (Å²) in [5.41, 5.74) is 1.08. The van der Waals surface area contributed by atoms with Crippen LogP contribution in [0.25, 0.3) is 22.3 Å². The van der Waals surface area contributed by atoms with Gasteiger partial charge in [-0.2, -0.15) is 0 Å². The van der Waals surface area contributed by atoms with Crippen molar-refractivity contribution >= 4 is 11.0 Å². The van der Waals surface area contributed by atoms with Gasteiger partial charge in [0.25, 0.3) is 0 Å². The fourth-order valence-corrected chi connectivity index (χ4v) is 5.03. The number of phenols is 3. The SMILES string of the molecule is COc1c(O)c(C2(c3cc[nH]c3)CCCC2)c2oc(-c3ccc(O)cc3)cc(=O)c2c1O. The van der Waals surface area contributed by atoms with Crippen LogP contribution in [0.4, 0.5) is 0 Å².